The fourth-order valence-electron chi connectivity index (χ4n) is 6.08. The van der Waals surface area contributed by atoms with Crippen LogP contribution in [0.15, 0.2) is 18.2 Å². The van der Waals surface area contributed by atoms with E-state index in [0.717, 1.165) is 24.7 Å². The molecule has 132 valence electrons. The molecular formula is C21H30O3. The highest BCUT2D eigenvalue weighted by Gasteiger charge is 2.55. The monoisotopic (exact) mass is 330 g/mol. The van der Waals surface area contributed by atoms with Gasteiger partial charge in [0.05, 0.1) is 6.10 Å². The Morgan fingerprint density at radius 2 is 2.08 bits per heavy atom. The summed E-state index contributed by atoms with van der Waals surface area (Å²) in [7, 11) is 0. The van der Waals surface area contributed by atoms with Crippen LogP contribution >= 0.6 is 0 Å². The first kappa shape index (κ1) is 16.4. The Balaban J connectivity index is 1.54. The van der Waals surface area contributed by atoms with Crippen molar-refractivity contribution in [2.45, 2.75) is 63.9 Å². The van der Waals surface area contributed by atoms with Crippen LogP contribution in [-0.2, 0) is 11.2 Å². The molecule has 1 aromatic carbocycles. The maximum Gasteiger partial charge on any atom is 0.115 e. The number of fused-ring (bicyclic) bond motifs is 5. The summed E-state index contributed by atoms with van der Waals surface area (Å²) in [5, 5.41) is 18.8. The Morgan fingerprint density at radius 3 is 2.92 bits per heavy atom. The number of rotatable bonds is 4. The Hall–Kier alpha value is -1.06. The molecule has 24 heavy (non-hydrogen) atoms. The molecule has 1 aromatic rings. The average Bonchev–Trinajstić information content (AvgIpc) is 2.91. The van der Waals surface area contributed by atoms with Crippen LogP contribution in [0.3, 0.4) is 0 Å². The lowest BCUT2D eigenvalue weighted by Gasteiger charge is -2.50. The Labute approximate surface area is 145 Å². The van der Waals surface area contributed by atoms with Crippen molar-refractivity contribution < 1.29 is 14.9 Å². The van der Waals surface area contributed by atoms with Crippen LogP contribution in [0.5, 0.6) is 5.75 Å². The summed E-state index contributed by atoms with van der Waals surface area (Å²) in [5.74, 6) is 2.61. The number of ether oxygens (including phenoxy) is 1. The summed E-state index contributed by atoms with van der Waals surface area (Å²) in [5.41, 5.74) is 3.18. The van der Waals surface area contributed by atoms with E-state index in [1.807, 2.05) is 12.1 Å². The number of aromatic hydroxyl groups is 1. The van der Waals surface area contributed by atoms with E-state index in [9.17, 15) is 5.11 Å². The van der Waals surface area contributed by atoms with Crippen LogP contribution in [0.4, 0.5) is 0 Å². The van der Waals surface area contributed by atoms with Crippen molar-refractivity contribution in [1.82, 2.24) is 0 Å². The van der Waals surface area contributed by atoms with E-state index < -0.39 is 0 Å². The lowest BCUT2D eigenvalue weighted by Crippen LogP contribution is -2.44. The van der Waals surface area contributed by atoms with Crippen LogP contribution in [-0.4, -0.2) is 29.5 Å². The normalized spacial score (nSPS) is 37.6. The van der Waals surface area contributed by atoms with Gasteiger partial charge in [-0.05, 0) is 91.4 Å². The number of aryl methyl sites for hydroxylation is 1. The topological polar surface area (TPSA) is 49.7 Å². The molecule has 0 radical (unpaired) electrons. The van der Waals surface area contributed by atoms with Crippen LogP contribution in [0, 0.1) is 17.3 Å². The van der Waals surface area contributed by atoms with Gasteiger partial charge in [-0.15, -0.1) is 0 Å². The quantitative estimate of drug-likeness (QED) is 0.820. The van der Waals surface area contributed by atoms with E-state index >= 15 is 0 Å². The van der Waals surface area contributed by atoms with Gasteiger partial charge in [0.25, 0.3) is 0 Å². The SMILES string of the molecule is C[C@]12CCC3c4ccc(O)cc4CCC3C1CC[C@@H]2OCCCO. The van der Waals surface area contributed by atoms with Crippen molar-refractivity contribution in [1.29, 1.82) is 0 Å². The summed E-state index contributed by atoms with van der Waals surface area (Å²) < 4.78 is 6.19. The molecule has 3 aliphatic rings. The van der Waals surface area contributed by atoms with E-state index in [4.69, 9.17) is 9.84 Å². The summed E-state index contributed by atoms with van der Waals surface area (Å²) in [4.78, 5) is 0. The summed E-state index contributed by atoms with van der Waals surface area (Å²) >= 11 is 0. The fraction of sp³-hybridized carbons (Fsp3) is 0.714. The maximum atomic E-state index is 9.78. The predicted molar refractivity (Wildman–Crippen MR) is 94.2 cm³/mol. The molecule has 5 atom stereocenters. The Morgan fingerprint density at radius 1 is 1.21 bits per heavy atom. The molecule has 2 saturated carbocycles. The molecule has 0 saturated heterocycles. The molecule has 3 unspecified atom stereocenters. The summed E-state index contributed by atoms with van der Waals surface area (Å²) in [6.07, 6.45) is 8.43. The lowest BCUT2D eigenvalue weighted by atomic mass is 9.55. The van der Waals surface area contributed by atoms with E-state index in [0.29, 0.717) is 29.8 Å². The zero-order valence-corrected chi connectivity index (χ0v) is 14.7. The standard InChI is InChI=1S/C21H30O3/c1-21-10-9-17-16-6-4-15(23)13-14(16)3-5-18(17)19(21)7-8-20(21)24-12-2-11-22/h4,6,13,17-20,22-23H,2-3,5,7-12H2,1H3/t17?,18?,19?,20-,21-/m0/s1. The molecule has 3 aliphatic carbocycles. The van der Waals surface area contributed by atoms with Crippen LogP contribution in [0.2, 0.25) is 0 Å². The highest BCUT2D eigenvalue weighted by atomic mass is 16.5. The third-order valence-corrected chi connectivity index (χ3v) is 7.24. The van der Waals surface area contributed by atoms with Gasteiger partial charge in [0, 0.05) is 13.2 Å². The molecule has 0 aromatic heterocycles. The van der Waals surface area contributed by atoms with Crippen molar-refractivity contribution in [3.8, 4) is 5.75 Å². The van der Waals surface area contributed by atoms with Crippen molar-refractivity contribution in [2.75, 3.05) is 13.2 Å². The highest BCUT2D eigenvalue weighted by Crippen LogP contribution is 2.61. The number of phenols is 1. The molecule has 2 fully saturated rings. The van der Waals surface area contributed by atoms with E-state index in [1.54, 1.807) is 0 Å². The van der Waals surface area contributed by atoms with Gasteiger partial charge in [0.2, 0.25) is 0 Å². The Kier molecular flexibility index (Phi) is 4.34. The molecule has 3 nitrogen and oxygen atoms in total. The molecule has 0 aliphatic heterocycles. The van der Waals surface area contributed by atoms with Gasteiger partial charge in [0.15, 0.2) is 0 Å². The minimum atomic E-state index is 0.223. The fourth-order valence-corrected chi connectivity index (χ4v) is 6.08. The third kappa shape index (κ3) is 2.57. The van der Waals surface area contributed by atoms with E-state index in [-0.39, 0.29) is 6.61 Å². The van der Waals surface area contributed by atoms with Crippen molar-refractivity contribution in [3.63, 3.8) is 0 Å². The first-order valence-corrected chi connectivity index (χ1v) is 9.68. The molecule has 4 rings (SSSR count). The van der Waals surface area contributed by atoms with Gasteiger partial charge < -0.3 is 14.9 Å². The van der Waals surface area contributed by atoms with Gasteiger partial charge in [-0.1, -0.05) is 13.0 Å². The number of hydrogen-bond acceptors (Lipinski definition) is 3. The lowest BCUT2D eigenvalue weighted by molar-refractivity contribution is -0.0661. The molecule has 0 spiro atoms. The van der Waals surface area contributed by atoms with Crippen LogP contribution in [0.25, 0.3) is 0 Å². The second kappa shape index (κ2) is 6.34. The van der Waals surface area contributed by atoms with Gasteiger partial charge in [-0.25, -0.2) is 0 Å². The largest absolute Gasteiger partial charge is 0.508 e. The van der Waals surface area contributed by atoms with E-state index in [2.05, 4.69) is 13.0 Å². The van der Waals surface area contributed by atoms with Gasteiger partial charge >= 0.3 is 0 Å². The molecule has 2 N–H and O–H groups in total. The number of aliphatic hydroxyl groups excluding tert-OH is 1. The zero-order valence-electron chi connectivity index (χ0n) is 14.7. The number of hydrogen-bond donors (Lipinski definition) is 2. The minimum absolute atomic E-state index is 0.223. The first-order chi connectivity index (χ1) is 11.6. The molecule has 0 heterocycles. The van der Waals surface area contributed by atoms with Crippen LogP contribution in [0.1, 0.15) is 62.5 Å². The van der Waals surface area contributed by atoms with Crippen molar-refractivity contribution in [3.05, 3.63) is 29.3 Å². The summed E-state index contributed by atoms with van der Waals surface area (Å²) in [6, 6.07) is 6.02. The van der Waals surface area contributed by atoms with E-state index in [1.165, 1.54) is 43.2 Å². The predicted octanol–water partition coefficient (Wildman–Crippen LogP) is 4.02. The number of phenolic OH excluding ortho intramolecular Hbond substituents is 1. The zero-order chi connectivity index (χ0) is 16.7. The molecule has 0 bridgehead atoms. The minimum Gasteiger partial charge on any atom is -0.508 e. The smallest absolute Gasteiger partial charge is 0.115 e. The second-order valence-electron chi connectivity index (χ2n) is 8.36. The molecule has 0 amide bonds. The number of aliphatic hydroxyl groups is 1. The molecule has 3 heteroatoms. The first-order valence-electron chi connectivity index (χ1n) is 9.68. The van der Waals surface area contributed by atoms with Gasteiger partial charge in [0.1, 0.15) is 5.75 Å². The highest BCUT2D eigenvalue weighted by molar-refractivity contribution is 5.40. The van der Waals surface area contributed by atoms with Gasteiger partial charge in [-0.2, -0.15) is 0 Å². The maximum absolute atomic E-state index is 9.78. The van der Waals surface area contributed by atoms with Crippen LogP contribution < -0.4 is 0 Å². The number of benzene rings is 1. The third-order valence-electron chi connectivity index (χ3n) is 7.24. The second-order valence-corrected chi connectivity index (χ2v) is 8.36. The van der Waals surface area contributed by atoms with Crippen molar-refractivity contribution >= 4 is 0 Å². The van der Waals surface area contributed by atoms with Crippen molar-refractivity contribution in [2.24, 2.45) is 17.3 Å². The van der Waals surface area contributed by atoms with Gasteiger partial charge in [-0.3, -0.25) is 0 Å². The Bertz CT molecular complexity index is 599. The molecular weight excluding hydrogens is 300 g/mol. The average molecular weight is 330 g/mol. The summed E-state index contributed by atoms with van der Waals surface area (Å²) in [6.45, 7) is 3.37.